The summed E-state index contributed by atoms with van der Waals surface area (Å²) < 4.78 is 5.00. The minimum Gasteiger partial charge on any atom is -0.344 e. The van der Waals surface area contributed by atoms with Crippen LogP contribution in [0.15, 0.2) is 59.9 Å². The average Bonchev–Trinajstić information content (AvgIpc) is 3.43. The van der Waals surface area contributed by atoms with Gasteiger partial charge in [0.1, 0.15) is 5.56 Å². The van der Waals surface area contributed by atoms with E-state index in [1.807, 2.05) is 58.3 Å². The van der Waals surface area contributed by atoms with Gasteiger partial charge in [0.2, 0.25) is 0 Å². The number of hydrogen-bond donors (Lipinski definition) is 1. The fourth-order valence-electron chi connectivity index (χ4n) is 4.60. The zero-order valence-corrected chi connectivity index (χ0v) is 21.4. The number of nitrogens with one attached hydrogen (secondary N) is 1. The monoisotopic (exact) mass is 493 g/mol. The van der Waals surface area contributed by atoms with E-state index in [9.17, 15) is 9.59 Å². The SMILES string of the molecule is Cc1nn2cccnc2c1C(=O)N[C@@H](C)c1cc2cccc(C#Cc3cnn(C)c3)c2c(=O)n1C(C)C. The van der Waals surface area contributed by atoms with E-state index in [1.54, 1.807) is 45.3 Å². The van der Waals surface area contributed by atoms with Crippen LogP contribution in [0.25, 0.3) is 16.4 Å². The Bertz CT molecular complexity index is 1780. The van der Waals surface area contributed by atoms with Gasteiger partial charge in [-0.25, -0.2) is 9.50 Å². The van der Waals surface area contributed by atoms with Gasteiger partial charge in [0, 0.05) is 42.9 Å². The van der Waals surface area contributed by atoms with Gasteiger partial charge in [-0.3, -0.25) is 14.3 Å². The molecule has 0 radical (unpaired) electrons. The van der Waals surface area contributed by atoms with Crippen molar-refractivity contribution in [3.05, 3.63) is 93.6 Å². The second-order valence-electron chi connectivity index (χ2n) is 9.30. The number of aromatic nitrogens is 6. The maximum atomic E-state index is 13.8. The van der Waals surface area contributed by atoms with Crippen LogP contribution < -0.4 is 10.9 Å². The average molecular weight is 494 g/mol. The highest BCUT2D eigenvalue weighted by Gasteiger charge is 2.23. The third-order valence-electron chi connectivity index (χ3n) is 6.26. The molecular formula is C28H27N7O2. The summed E-state index contributed by atoms with van der Waals surface area (Å²) in [7, 11) is 1.83. The van der Waals surface area contributed by atoms with Gasteiger partial charge in [-0.15, -0.1) is 0 Å². The lowest BCUT2D eigenvalue weighted by molar-refractivity contribution is 0.0939. The van der Waals surface area contributed by atoms with Crippen molar-refractivity contribution in [1.29, 1.82) is 0 Å². The number of aryl methyl sites for hydroxylation is 2. The predicted octanol–water partition coefficient (Wildman–Crippen LogP) is 3.56. The van der Waals surface area contributed by atoms with E-state index in [-0.39, 0.29) is 17.5 Å². The van der Waals surface area contributed by atoms with E-state index in [4.69, 9.17) is 0 Å². The predicted molar refractivity (Wildman–Crippen MR) is 141 cm³/mol. The van der Waals surface area contributed by atoms with Crippen LogP contribution in [-0.2, 0) is 7.05 Å². The fraction of sp³-hybridized carbons (Fsp3) is 0.250. The molecule has 9 nitrogen and oxygen atoms in total. The molecule has 1 aromatic carbocycles. The molecular weight excluding hydrogens is 466 g/mol. The number of amides is 1. The largest absolute Gasteiger partial charge is 0.344 e. The Morgan fingerprint density at radius 2 is 1.95 bits per heavy atom. The maximum absolute atomic E-state index is 13.8. The molecule has 5 rings (SSSR count). The minimum atomic E-state index is -0.449. The summed E-state index contributed by atoms with van der Waals surface area (Å²) >= 11 is 0. The van der Waals surface area contributed by atoms with Crippen molar-refractivity contribution in [2.45, 2.75) is 39.8 Å². The molecule has 0 bridgehead atoms. The Labute approximate surface area is 213 Å². The molecule has 1 N–H and O–H groups in total. The molecule has 0 saturated heterocycles. The van der Waals surface area contributed by atoms with Crippen LogP contribution in [0.2, 0.25) is 0 Å². The lowest BCUT2D eigenvalue weighted by Crippen LogP contribution is -2.33. The first-order chi connectivity index (χ1) is 17.7. The highest BCUT2D eigenvalue weighted by molar-refractivity contribution is 6.01. The molecule has 0 aliphatic heterocycles. The van der Waals surface area contributed by atoms with Gasteiger partial charge in [-0.05, 0) is 51.3 Å². The highest BCUT2D eigenvalue weighted by Crippen LogP contribution is 2.24. The molecule has 1 amide bonds. The number of benzene rings is 1. The molecule has 0 aliphatic rings. The molecule has 9 heteroatoms. The van der Waals surface area contributed by atoms with Crippen LogP contribution >= 0.6 is 0 Å². The summed E-state index contributed by atoms with van der Waals surface area (Å²) in [5, 5.41) is 12.9. The third-order valence-corrected chi connectivity index (χ3v) is 6.26. The van der Waals surface area contributed by atoms with E-state index in [0.29, 0.717) is 33.5 Å². The van der Waals surface area contributed by atoms with Crippen molar-refractivity contribution >= 4 is 22.3 Å². The number of fused-ring (bicyclic) bond motifs is 2. The quantitative estimate of drug-likeness (QED) is 0.386. The molecule has 1 atom stereocenters. The van der Waals surface area contributed by atoms with Gasteiger partial charge in [-0.2, -0.15) is 10.2 Å². The van der Waals surface area contributed by atoms with E-state index < -0.39 is 6.04 Å². The Kier molecular flexibility index (Phi) is 6.09. The van der Waals surface area contributed by atoms with Crippen LogP contribution in [0.5, 0.6) is 0 Å². The van der Waals surface area contributed by atoms with Crippen LogP contribution in [0.3, 0.4) is 0 Å². The van der Waals surface area contributed by atoms with Crippen LogP contribution in [0.4, 0.5) is 0 Å². The maximum Gasteiger partial charge on any atom is 0.260 e. The first kappa shape index (κ1) is 24.0. The summed E-state index contributed by atoms with van der Waals surface area (Å²) in [6.45, 7) is 7.56. The first-order valence-corrected chi connectivity index (χ1v) is 12.0. The lowest BCUT2D eigenvalue weighted by atomic mass is 10.0. The van der Waals surface area contributed by atoms with Crippen molar-refractivity contribution in [3.8, 4) is 11.8 Å². The number of carbonyl (C=O) groups is 1. The van der Waals surface area contributed by atoms with E-state index in [1.165, 1.54) is 0 Å². The van der Waals surface area contributed by atoms with Crippen molar-refractivity contribution in [2.24, 2.45) is 7.05 Å². The van der Waals surface area contributed by atoms with Crippen molar-refractivity contribution in [3.63, 3.8) is 0 Å². The van der Waals surface area contributed by atoms with Crippen LogP contribution in [0.1, 0.15) is 65.7 Å². The third kappa shape index (κ3) is 4.38. The van der Waals surface area contributed by atoms with Gasteiger partial charge in [-0.1, -0.05) is 24.0 Å². The standard InChI is InChI=1S/C28H27N7O2/c1-17(2)35-23(18(3)31-27(36)24-19(4)32-34-13-7-12-29-26(24)34)14-22-9-6-8-21(25(22)28(35)37)11-10-20-15-30-33(5)16-20/h6-9,12-18H,1-5H3,(H,31,36)/t18-/m0/s1. The molecule has 4 aromatic heterocycles. The number of nitrogens with zero attached hydrogens (tertiary/aromatic N) is 6. The number of pyridine rings is 1. The zero-order chi connectivity index (χ0) is 26.3. The summed E-state index contributed by atoms with van der Waals surface area (Å²) in [6, 6.07) is 8.77. The fourth-order valence-corrected chi connectivity index (χ4v) is 4.60. The minimum absolute atomic E-state index is 0.133. The number of carbonyl (C=O) groups excluding carboxylic acids is 1. The summed E-state index contributed by atoms with van der Waals surface area (Å²) in [5.41, 5.74) is 3.47. The molecule has 0 fully saturated rings. The molecule has 4 heterocycles. The Balaban J connectivity index is 1.57. The lowest BCUT2D eigenvalue weighted by Gasteiger charge is -2.23. The smallest absolute Gasteiger partial charge is 0.260 e. The normalized spacial score (nSPS) is 12.1. The Morgan fingerprint density at radius 1 is 1.14 bits per heavy atom. The van der Waals surface area contributed by atoms with Crippen molar-refractivity contribution in [2.75, 3.05) is 0 Å². The summed E-state index contributed by atoms with van der Waals surface area (Å²) in [4.78, 5) is 31.5. The topological polar surface area (TPSA) is 99.1 Å². The van der Waals surface area contributed by atoms with Crippen molar-refractivity contribution in [1.82, 2.24) is 34.3 Å². The van der Waals surface area contributed by atoms with Gasteiger partial charge in [0.05, 0.1) is 28.9 Å². The molecule has 0 aliphatic carbocycles. The van der Waals surface area contributed by atoms with E-state index in [2.05, 4.69) is 32.3 Å². The van der Waals surface area contributed by atoms with Crippen molar-refractivity contribution < 1.29 is 4.79 Å². The molecule has 0 saturated carbocycles. The van der Waals surface area contributed by atoms with Gasteiger partial charge < -0.3 is 9.88 Å². The van der Waals surface area contributed by atoms with E-state index in [0.717, 1.165) is 10.9 Å². The van der Waals surface area contributed by atoms with Crippen LogP contribution in [-0.4, -0.2) is 34.9 Å². The Morgan fingerprint density at radius 3 is 2.68 bits per heavy atom. The number of rotatable bonds is 4. The number of hydrogen-bond acceptors (Lipinski definition) is 5. The van der Waals surface area contributed by atoms with Gasteiger partial charge >= 0.3 is 0 Å². The summed E-state index contributed by atoms with van der Waals surface area (Å²) in [6.07, 6.45) is 6.90. The molecule has 0 unspecified atom stereocenters. The van der Waals surface area contributed by atoms with Crippen LogP contribution in [0, 0.1) is 18.8 Å². The second-order valence-corrected chi connectivity index (χ2v) is 9.30. The van der Waals surface area contributed by atoms with E-state index >= 15 is 0 Å². The summed E-state index contributed by atoms with van der Waals surface area (Å²) in [5.74, 6) is 5.95. The molecule has 5 aromatic rings. The van der Waals surface area contributed by atoms with Gasteiger partial charge in [0.15, 0.2) is 5.65 Å². The first-order valence-electron chi connectivity index (χ1n) is 12.0. The zero-order valence-electron chi connectivity index (χ0n) is 21.4. The second kappa shape index (κ2) is 9.39. The highest BCUT2D eigenvalue weighted by atomic mass is 16.2. The van der Waals surface area contributed by atoms with Gasteiger partial charge in [0.25, 0.3) is 11.5 Å². The Hall–Kier alpha value is -4.71. The molecule has 37 heavy (non-hydrogen) atoms. The molecule has 0 spiro atoms. The molecule has 186 valence electrons.